The highest BCUT2D eigenvalue weighted by Crippen LogP contribution is 2.04. The standard InChI is InChI=1S/C9H18O.C7H14O/c1-3-4-5-6-7-8-9(2)10;1-3-4-5-6-7(2)8/h3-8H2,1-2H3;3-6H2,1-2H3. The average molecular weight is 256 g/mol. The maximum absolute atomic E-state index is 10.5. The number of ketones is 2. The predicted octanol–water partition coefficient (Wildman–Crippen LogP) is 5.09. The molecule has 0 bridgehead atoms. The molecule has 0 aromatic heterocycles. The molecule has 2 nitrogen and oxygen atoms in total. The van der Waals surface area contributed by atoms with Crippen LogP contribution in [-0.4, -0.2) is 11.6 Å². The molecular formula is C16H32O2. The summed E-state index contributed by atoms with van der Waals surface area (Å²) in [6, 6.07) is 0. The van der Waals surface area contributed by atoms with Crippen LogP contribution in [0, 0.1) is 0 Å². The van der Waals surface area contributed by atoms with Crippen molar-refractivity contribution in [2.45, 2.75) is 91.9 Å². The van der Waals surface area contributed by atoms with Crippen molar-refractivity contribution >= 4 is 11.6 Å². The van der Waals surface area contributed by atoms with E-state index in [-0.39, 0.29) is 0 Å². The maximum atomic E-state index is 10.5. The van der Waals surface area contributed by atoms with Gasteiger partial charge in [-0.3, -0.25) is 0 Å². The summed E-state index contributed by atoms with van der Waals surface area (Å²) in [6.07, 6.45) is 11.2. The van der Waals surface area contributed by atoms with Gasteiger partial charge >= 0.3 is 0 Å². The molecule has 0 N–H and O–H groups in total. The Balaban J connectivity index is 0. The maximum Gasteiger partial charge on any atom is 0.129 e. The van der Waals surface area contributed by atoms with Crippen molar-refractivity contribution in [2.24, 2.45) is 0 Å². The Kier molecular flexibility index (Phi) is 17.9. The van der Waals surface area contributed by atoms with Crippen LogP contribution in [0.3, 0.4) is 0 Å². The van der Waals surface area contributed by atoms with E-state index in [1.165, 1.54) is 38.5 Å². The third-order valence-electron chi connectivity index (χ3n) is 2.76. The Bertz CT molecular complexity index is 197. The molecule has 0 rings (SSSR count). The van der Waals surface area contributed by atoms with Gasteiger partial charge in [-0.2, -0.15) is 0 Å². The van der Waals surface area contributed by atoms with Crippen LogP contribution in [0.2, 0.25) is 0 Å². The summed E-state index contributed by atoms with van der Waals surface area (Å²) in [5, 5.41) is 0. The fourth-order valence-corrected chi connectivity index (χ4v) is 1.60. The minimum atomic E-state index is 0.318. The van der Waals surface area contributed by atoms with Gasteiger partial charge in [0.05, 0.1) is 0 Å². The Labute approximate surface area is 114 Å². The molecule has 0 aromatic rings. The number of carbonyl (C=O) groups is 2. The lowest BCUT2D eigenvalue weighted by Gasteiger charge is -1.95. The van der Waals surface area contributed by atoms with Gasteiger partial charge in [0.25, 0.3) is 0 Å². The first-order valence-corrected chi connectivity index (χ1v) is 7.53. The summed E-state index contributed by atoms with van der Waals surface area (Å²) < 4.78 is 0. The molecule has 0 unspecified atom stereocenters. The normalized spacial score (nSPS) is 9.56. The first-order chi connectivity index (χ1) is 8.54. The van der Waals surface area contributed by atoms with Crippen LogP contribution in [-0.2, 0) is 9.59 Å². The first-order valence-electron chi connectivity index (χ1n) is 7.53. The van der Waals surface area contributed by atoms with Gasteiger partial charge in [0.2, 0.25) is 0 Å². The first kappa shape index (κ1) is 19.7. The Morgan fingerprint density at radius 3 is 1.33 bits per heavy atom. The topological polar surface area (TPSA) is 34.1 Å². The Morgan fingerprint density at radius 2 is 0.944 bits per heavy atom. The number of Topliss-reactive ketones (excluding diaryl/α,β-unsaturated/α-hetero) is 2. The van der Waals surface area contributed by atoms with Crippen LogP contribution in [0.15, 0.2) is 0 Å². The van der Waals surface area contributed by atoms with Gasteiger partial charge in [0.1, 0.15) is 11.6 Å². The SMILES string of the molecule is CCCCCC(C)=O.CCCCCCCC(C)=O. The minimum absolute atomic E-state index is 0.318. The van der Waals surface area contributed by atoms with E-state index in [4.69, 9.17) is 0 Å². The zero-order valence-electron chi connectivity index (χ0n) is 12.9. The smallest absolute Gasteiger partial charge is 0.129 e. The van der Waals surface area contributed by atoms with Crippen molar-refractivity contribution in [1.82, 2.24) is 0 Å². The van der Waals surface area contributed by atoms with Crippen LogP contribution in [0.5, 0.6) is 0 Å². The average Bonchev–Trinajstić information content (AvgIpc) is 2.29. The Hall–Kier alpha value is -0.660. The monoisotopic (exact) mass is 256 g/mol. The van der Waals surface area contributed by atoms with E-state index < -0.39 is 0 Å². The molecule has 0 spiro atoms. The van der Waals surface area contributed by atoms with E-state index in [9.17, 15) is 9.59 Å². The third-order valence-corrected chi connectivity index (χ3v) is 2.76. The van der Waals surface area contributed by atoms with Gasteiger partial charge in [-0.1, -0.05) is 52.4 Å². The van der Waals surface area contributed by atoms with Crippen LogP contribution in [0.4, 0.5) is 0 Å². The van der Waals surface area contributed by atoms with Gasteiger partial charge in [0.15, 0.2) is 0 Å². The quantitative estimate of drug-likeness (QED) is 0.510. The second kappa shape index (κ2) is 16.3. The lowest BCUT2D eigenvalue weighted by atomic mass is 10.1. The van der Waals surface area contributed by atoms with E-state index in [1.54, 1.807) is 13.8 Å². The van der Waals surface area contributed by atoms with Crippen molar-refractivity contribution in [3.05, 3.63) is 0 Å². The van der Waals surface area contributed by atoms with Crippen molar-refractivity contribution in [3.8, 4) is 0 Å². The zero-order chi connectivity index (χ0) is 14.2. The molecule has 0 radical (unpaired) electrons. The Morgan fingerprint density at radius 1 is 0.611 bits per heavy atom. The summed E-state index contributed by atoms with van der Waals surface area (Å²) in [4.78, 5) is 20.8. The third kappa shape index (κ3) is 24.5. The molecule has 0 aliphatic rings. The predicted molar refractivity (Wildman–Crippen MR) is 78.9 cm³/mol. The lowest BCUT2D eigenvalue weighted by Crippen LogP contribution is -1.88. The number of rotatable bonds is 10. The molecule has 18 heavy (non-hydrogen) atoms. The van der Waals surface area contributed by atoms with Crippen LogP contribution in [0.1, 0.15) is 91.9 Å². The van der Waals surface area contributed by atoms with Crippen molar-refractivity contribution in [2.75, 3.05) is 0 Å². The largest absolute Gasteiger partial charge is 0.300 e. The molecule has 0 atom stereocenters. The van der Waals surface area contributed by atoms with E-state index in [0.717, 1.165) is 25.7 Å². The van der Waals surface area contributed by atoms with Gasteiger partial charge in [-0.15, -0.1) is 0 Å². The highest BCUT2D eigenvalue weighted by molar-refractivity contribution is 5.75. The van der Waals surface area contributed by atoms with Crippen LogP contribution >= 0.6 is 0 Å². The molecule has 108 valence electrons. The highest BCUT2D eigenvalue weighted by Gasteiger charge is 1.92. The minimum Gasteiger partial charge on any atom is -0.300 e. The molecule has 0 aliphatic heterocycles. The molecule has 0 heterocycles. The van der Waals surface area contributed by atoms with Gasteiger partial charge < -0.3 is 9.59 Å². The van der Waals surface area contributed by atoms with Gasteiger partial charge in [-0.05, 0) is 26.7 Å². The molecule has 0 amide bonds. The van der Waals surface area contributed by atoms with E-state index in [0.29, 0.717) is 11.6 Å². The van der Waals surface area contributed by atoms with E-state index >= 15 is 0 Å². The number of carbonyl (C=O) groups excluding carboxylic acids is 2. The second-order valence-corrected chi connectivity index (χ2v) is 5.03. The zero-order valence-corrected chi connectivity index (χ0v) is 12.9. The van der Waals surface area contributed by atoms with E-state index in [2.05, 4.69) is 13.8 Å². The van der Waals surface area contributed by atoms with Crippen molar-refractivity contribution < 1.29 is 9.59 Å². The number of hydrogen-bond donors (Lipinski definition) is 0. The number of hydrogen-bond acceptors (Lipinski definition) is 2. The summed E-state index contributed by atoms with van der Waals surface area (Å²) in [7, 11) is 0. The summed E-state index contributed by atoms with van der Waals surface area (Å²) in [6.45, 7) is 7.65. The molecule has 2 heteroatoms. The molecule has 0 aromatic carbocycles. The summed E-state index contributed by atoms with van der Waals surface area (Å²) in [5.74, 6) is 0.648. The number of unbranched alkanes of at least 4 members (excludes halogenated alkanes) is 6. The van der Waals surface area contributed by atoms with Gasteiger partial charge in [0, 0.05) is 12.8 Å². The second-order valence-electron chi connectivity index (χ2n) is 5.03. The molecular weight excluding hydrogens is 224 g/mol. The summed E-state index contributed by atoms with van der Waals surface area (Å²) >= 11 is 0. The van der Waals surface area contributed by atoms with Crippen molar-refractivity contribution in [3.63, 3.8) is 0 Å². The van der Waals surface area contributed by atoms with Crippen LogP contribution < -0.4 is 0 Å². The van der Waals surface area contributed by atoms with E-state index in [1.807, 2.05) is 0 Å². The van der Waals surface area contributed by atoms with Crippen LogP contribution in [0.25, 0.3) is 0 Å². The summed E-state index contributed by atoms with van der Waals surface area (Å²) in [5.41, 5.74) is 0. The van der Waals surface area contributed by atoms with Gasteiger partial charge in [-0.25, -0.2) is 0 Å². The molecule has 0 saturated carbocycles. The highest BCUT2D eigenvalue weighted by atomic mass is 16.1. The fraction of sp³-hybridized carbons (Fsp3) is 0.875. The molecule has 0 saturated heterocycles. The fourth-order valence-electron chi connectivity index (χ4n) is 1.60. The lowest BCUT2D eigenvalue weighted by molar-refractivity contribution is -0.117. The molecule has 0 fully saturated rings. The molecule has 0 aliphatic carbocycles. The van der Waals surface area contributed by atoms with Crippen molar-refractivity contribution in [1.29, 1.82) is 0 Å².